The van der Waals surface area contributed by atoms with Crippen LogP contribution in [0.5, 0.6) is 0 Å². The number of rotatable bonds is 8. The van der Waals surface area contributed by atoms with Gasteiger partial charge in [-0.2, -0.15) is 0 Å². The average molecular weight is 534 g/mol. The highest BCUT2D eigenvalue weighted by atomic mass is 35.5. The van der Waals surface area contributed by atoms with E-state index in [1.54, 1.807) is 4.90 Å². The van der Waals surface area contributed by atoms with Crippen molar-refractivity contribution >= 4 is 29.2 Å². The zero-order valence-corrected chi connectivity index (χ0v) is 23.2. The van der Waals surface area contributed by atoms with Gasteiger partial charge in [0.15, 0.2) is 5.82 Å². The molecule has 2 heterocycles. The standard InChI is InChI=1S/C30H36ClN5O2/c1-22(2)15-18-36(30(38)24-10-5-4-9-23(24)3)21-29(37)35-17-8-16-34(19-20-35)28-14-13-27(32-33-28)25-11-6-7-12-26(25)31/h4-7,9-14,22H,8,15-21H2,1-3H3. The zero-order valence-electron chi connectivity index (χ0n) is 22.4. The fourth-order valence-corrected chi connectivity index (χ4v) is 4.85. The van der Waals surface area contributed by atoms with Gasteiger partial charge in [0.2, 0.25) is 5.91 Å². The van der Waals surface area contributed by atoms with E-state index < -0.39 is 0 Å². The molecule has 0 bridgehead atoms. The van der Waals surface area contributed by atoms with Gasteiger partial charge in [-0.3, -0.25) is 9.59 Å². The van der Waals surface area contributed by atoms with E-state index in [9.17, 15) is 9.59 Å². The first-order valence-electron chi connectivity index (χ1n) is 13.3. The summed E-state index contributed by atoms with van der Waals surface area (Å²) in [5, 5.41) is 9.49. The molecular formula is C30H36ClN5O2. The molecule has 3 aromatic rings. The molecule has 2 aromatic carbocycles. The number of halogens is 1. The van der Waals surface area contributed by atoms with E-state index in [0.29, 0.717) is 42.7 Å². The number of nitrogens with zero attached hydrogens (tertiary/aromatic N) is 5. The Kier molecular flexibility index (Phi) is 9.34. The second kappa shape index (κ2) is 12.9. The molecule has 1 aliphatic rings. The molecule has 1 aromatic heterocycles. The maximum Gasteiger partial charge on any atom is 0.254 e. The van der Waals surface area contributed by atoms with Crippen molar-refractivity contribution in [2.75, 3.05) is 44.2 Å². The normalized spacial score (nSPS) is 13.9. The number of amides is 2. The first-order chi connectivity index (χ1) is 18.3. The lowest BCUT2D eigenvalue weighted by atomic mass is 10.1. The largest absolute Gasteiger partial charge is 0.353 e. The fourth-order valence-electron chi connectivity index (χ4n) is 4.62. The van der Waals surface area contributed by atoms with Gasteiger partial charge in [0.25, 0.3) is 5.91 Å². The second-order valence-corrected chi connectivity index (χ2v) is 10.6. The van der Waals surface area contributed by atoms with Crippen molar-refractivity contribution in [3.05, 3.63) is 76.8 Å². The number of hydrogen-bond donors (Lipinski definition) is 0. The third-order valence-electron chi connectivity index (χ3n) is 6.94. The highest BCUT2D eigenvalue weighted by Gasteiger charge is 2.25. The summed E-state index contributed by atoms with van der Waals surface area (Å²) in [6.45, 7) is 9.50. The van der Waals surface area contributed by atoms with E-state index in [-0.39, 0.29) is 18.4 Å². The lowest BCUT2D eigenvalue weighted by molar-refractivity contribution is -0.131. The van der Waals surface area contributed by atoms with E-state index in [4.69, 9.17) is 11.6 Å². The number of anilines is 1. The van der Waals surface area contributed by atoms with Crippen molar-refractivity contribution in [3.63, 3.8) is 0 Å². The number of benzene rings is 2. The Balaban J connectivity index is 1.40. The molecule has 0 spiro atoms. The van der Waals surface area contributed by atoms with Crippen LogP contribution in [0.25, 0.3) is 11.3 Å². The SMILES string of the molecule is Cc1ccccc1C(=O)N(CCC(C)C)CC(=O)N1CCCN(c2ccc(-c3ccccc3Cl)nn2)CC1. The Morgan fingerprint density at radius 1 is 0.947 bits per heavy atom. The predicted octanol–water partition coefficient (Wildman–Crippen LogP) is 5.33. The fraction of sp³-hybridized carbons (Fsp3) is 0.400. The molecule has 0 radical (unpaired) electrons. The summed E-state index contributed by atoms with van der Waals surface area (Å²) < 4.78 is 0. The van der Waals surface area contributed by atoms with E-state index >= 15 is 0 Å². The molecule has 0 unspecified atom stereocenters. The third kappa shape index (κ3) is 6.90. The molecule has 0 saturated carbocycles. The molecule has 1 fully saturated rings. The quantitative estimate of drug-likeness (QED) is 0.391. The molecule has 1 aliphatic heterocycles. The van der Waals surface area contributed by atoms with Crippen molar-refractivity contribution in [2.45, 2.75) is 33.6 Å². The molecule has 200 valence electrons. The second-order valence-electron chi connectivity index (χ2n) is 10.2. The van der Waals surface area contributed by atoms with Gasteiger partial charge in [0, 0.05) is 43.9 Å². The number of hydrogen-bond acceptors (Lipinski definition) is 5. The van der Waals surface area contributed by atoms with Crippen LogP contribution in [-0.2, 0) is 4.79 Å². The molecule has 8 heteroatoms. The number of carbonyl (C=O) groups is 2. The molecule has 0 atom stereocenters. The minimum absolute atomic E-state index is 0.0160. The number of aromatic nitrogens is 2. The van der Waals surface area contributed by atoms with Crippen LogP contribution in [0.3, 0.4) is 0 Å². The molecule has 2 amide bonds. The van der Waals surface area contributed by atoms with Gasteiger partial charge in [-0.25, -0.2) is 0 Å². The van der Waals surface area contributed by atoms with Crippen molar-refractivity contribution in [1.29, 1.82) is 0 Å². The molecule has 38 heavy (non-hydrogen) atoms. The minimum Gasteiger partial charge on any atom is -0.353 e. The Bertz CT molecular complexity index is 1250. The summed E-state index contributed by atoms with van der Waals surface area (Å²) in [4.78, 5) is 32.5. The summed E-state index contributed by atoms with van der Waals surface area (Å²) in [6.07, 6.45) is 1.67. The Labute approximate surface area is 230 Å². The summed E-state index contributed by atoms with van der Waals surface area (Å²) in [5.74, 6) is 1.12. The maximum absolute atomic E-state index is 13.4. The van der Waals surface area contributed by atoms with Crippen LogP contribution in [0.1, 0.15) is 42.6 Å². The molecule has 0 N–H and O–H groups in total. The lowest BCUT2D eigenvalue weighted by Crippen LogP contribution is -2.45. The van der Waals surface area contributed by atoms with Gasteiger partial charge in [0.05, 0.1) is 10.7 Å². The van der Waals surface area contributed by atoms with Gasteiger partial charge in [-0.15, -0.1) is 10.2 Å². The third-order valence-corrected chi connectivity index (χ3v) is 7.27. The van der Waals surface area contributed by atoms with E-state index in [1.165, 1.54) is 0 Å². The Morgan fingerprint density at radius 2 is 1.71 bits per heavy atom. The Morgan fingerprint density at radius 3 is 2.42 bits per heavy atom. The van der Waals surface area contributed by atoms with Crippen LogP contribution in [0.15, 0.2) is 60.7 Å². The van der Waals surface area contributed by atoms with E-state index in [1.807, 2.05) is 72.5 Å². The Hall–Kier alpha value is -3.45. The van der Waals surface area contributed by atoms with Crippen molar-refractivity contribution in [3.8, 4) is 11.3 Å². The zero-order chi connectivity index (χ0) is 27.1. The number of carbonyl (C=O) groups excluding carboxylic acids is 2. The first kappa shape index (κ1) is 27.6. The van der Waals surface area contributed by atoms with Crippen LogP contribution < -0.4 is 4.90 Å². The maximum atomic E-state index is 13.4. The topological polar surface area (TPSA) is 69.6 Å². The van der Waals surface area contributed by atoms with Gasteiger partial charge in [-0.05, 0) is 55.5 Å². The van der Waals surface area contributed by atoms with Crippen molar-refractivity contribution < 1.29 is 9.59 Å². The smallest absolute Gasteiger partial charge is 0.254 e. The summed E-state index contributed by atoms with van der Waals surface area (Å²) in [6, 6.07) is 19.0. The summed E-state index contributed by atoms with van der Waals surface area (Å²) >= 11 is 6.31. The molecule has 7 nitrogen and oxygen atoms in total. The van der Waals surface area contributed by atoms with Crippen LogP contribution in [0.2, 0.25) is 5.02 Å². The first-order valence-corrected chi connectivity index (χ1v) is 13.7. The van der Waals surface area contributed by atoms with Crippen molar-refractivity contribution in [1.82, 2.24) is 20.0 Å². The highest BCUT2D eigenvalue weighted by molar-refractivity contribution is 6.33. The van der Waals surface area contributed by atoms with Gasteiger partial charge >= 0.3 is 0 Å². The minimum atomic E-state index is -0.0811. The monoisotopic (exact) mass is 533 g/mol. The number of aryl methyl sites for hydroxylation is 1. The van der Waals surface area contributed by atoms with Crippen LogP contribution in [0.4, 0.5) is 5.82 Å². The molecule has 0 aliphatic carbocycles. The van der Waals surface area contributed by atoms with Gasteiger partial charge in [-0.1, -0.05) is 61.8 Å². The van der Waals surface area contributed by atoms with E-state index in [0.717, 1.165) is 42.0 Å². The predicted molar refractivity (Wildman–Crippen MR) is 152 cm³/mol. The summed E-state index contributed by atoms with van der Waals surface area (Å²) in [5.41, 5.74) is 3.16. The average Bonchev–Trinajstić information content (AvgIpc) is 3.18. The molecular weight excluding hydrogens is 498 g/mol. The van der Waals surface area contributed by atoms with Crippen LogP contribution >= 0.6 is 11.6 Å². The van der Waals surface area contributed by atoms with Gasteiger partial charge in [0.1, 0.15) is 6.54 Å². The molecule has 1 saturated heterocycles. The summed E-state index contributed by atoms with van der Waals surface area (Å²) in [7, 11) is 0. The van der Waals surface area contributed by atoms with Crippen LogP contribution in [0, 0.1) is 12.8 Å². The highest BCUT2D eigenvalue weighted by Crippen LogP contribution is 2.26. The molecule has 4 rings (SSSR count). The lowest BCUT2D eigenvalue weighted by Gasteiger charge is -2.28. The van der Waals surface area contributed by atoms with E-state index in [2.05, 4.69) is 28.9 Å². The van der Waals surface area contributed by atoms with Gasteiger partial charge < -0.3 is 14.7 Å². The van der Waals surface area contributed by atoms with Crippen molar-refractivity contribution in [2.24, 2.45) is 5.92 Å². The van der Waals surface area contributed by atoms with Crippen LogP contribution in [-0.4, -0.2) is 71.1 Å².